The van der Waals surface area contributed by atoms with Crippen LogP contribution in [-0.2, 0) is 0 Å². The highest BCUT2D eigenvalue weighted by atomic mass is 16.3. The van der Waals surface area contributed by atoms with Gasteiger partial charge < -0.3 is 20.2 Å². The van der Waals surface area contributed by atoms with Crippen molar-refractivity contribution in [1.29, 1.82) is 0 Å². The summed E-state index contributed by atoms with van der Waals surface area (Å²) >= 11 is 0. The third-order valence-electron chi connectivity index (χ3n) is 6.55. The van der Waals surface area contributed by atoms with E-state index in [0.29, 0.717) is 17.2 Å². The topological polar surface area (TPSA) is 136 Å². The van der Waals surface area contributed by atoms with Crippen molar-refractivity contribution >= 4 is 17.3 Å². The Bertz CT molecular complexity index is 1270. The molecule has 2 atom stereocenters. The van der Waals surface area contributed by atoms with Crippen LogP contribution in [0.4, 0.5) is 11.6 Å². The lowest BCUT2D eigenvalue weighted by Crippen LogP contribution is -2.34. The van der Waals surface area contributed by atoms with E-state index in [9.17, 15) is 5.11 Å². The van der Waals surface area contributed by atoms with Gasteiger partial charge in [0.2, 0.25) is 11.8 Å². The monoisotopic (exact) mass is 451 g/mol. The summed E-state index contributed by atoms with van der Waals surface area (Å²) in [5.41, 5.74) is 8.42. The third kappa shape index (κ3) is 3.82. The van der Waals surface area contributed by atoms with Gasteiger partial charge in [0.05, 0.1) is 29.7 Å². The quantitative estimate of drug-likeness (QED) is 0.469. The van der Waals surface area contributed by atoms with Crippen LogP contribution in [0.5, 0.6) is 0 Å². The highest BCUT2D eigenvalue weighted by Crippen LogP contribution is 2.31. The number of fused-ring (bicyclic) bond motifs is 1. The van der Waals surface area contributed by atoms with Gasteiger partial charge in [-0.1, -0.05) is 0 Å². The molecule has 0 bridgehead atoms. The number of anilines is 2. The molecule has 5 rings (SSSR count). The van der Waals surface area contributed by atoms with Gasteiger partial charge in [0, 0.05) is 30.8 Å². The zero-order valence-corrected chi connectivity index (χ0v) is 19.3. The van der Waals surface area contributed by atoms with Gasteiger partial charge in [-0.25, -0.2) is 15.0 Å². The first-order valence-corrected chi connectivity index (χ1v) is 11.2. The second-order valence-corrected chi connectivity index (χ2v) is 9.28. The lowest BCUT2D eigenvalue weighted by atomic mass is 9.97. The molecule has 1 fully saturated rings. The molecule has 5 heterocycles. The van der Waals surface area contributed by atoms with Crippen molar-refractivity contribution in [1.82, 2.24) is 34.3 Å². The van der Waals surface area contributed by atoms with Gasteiger partial charge in [0.25, 0.3) is 0 Å². The third-order valence-corrected chi connectivity index (χ3v) is 6.55. The van der Waals surface area contributed by atoms with E-state index >= 15 is 0 Å². The first kappa shape index (κ1) is 21.4. The number of nitrogens with zero attached hydrogens (tertiary/aromatic N) is 8. The van der Waals surface area contributed by atoms with Gasteiger partial charge in [-0.2, -0.15) is 9.61 Å². The Morgan fingerprint density at radius 1 is 1.30 bits per heavy atom. The Morgan fingerprint density at radius 2 is 2.12 bits per heavy atom. The maximum atomic E-state index is 10.3. The molecule has 0 aliphatic carbocycles. The number of hydrogen-bond acceptors (Lipinski definition) is 9. The van der Waals surface area contributed by atoms with Gasteiger partial charge in [0.1, 0.15) is 12.0 Å². The molecule has 3 N–H and O–H groups in total. The number of rotatable bonds is 5. The highest BCUT2D eigenvalue weighted by Gasteiger charge is 2.29. The van der Waals surface area contributed by atoms with Crippen molar-refractivity contribution in [3.8, 4) is 11.6 Å². The molecular weight excluding hydrogens is 422 g/mol. The van der Waals surface area contributed by atoms with E-state index < -0.39 is 5.60 Å². The van der Waals surface area contributed by atoms with Crippen LogP contribution < -0.4 is 10.6 Å². The SMILES string of the molecule is Cc1c(-c2ncco2)nc(N)n2nc([C@@H]3CCCN(c4cnn([C@H](C)C(C)(C)O)c4)C3)nc12. The average Bonchev–Trinajstić information content (AvgIpc) is 3.55. The Labute approximate surface area is 191 Å². The molecule has 0 unspecified atom stereocenters. The number of piperidine rings is 1. The predicted molar refractivity (Wildman–Crippen MR) is 123 cm³/mol. The van der Waals surface area contributed by atoms with E-state index in [2.05, 4.69) is 20.0 Å². The number of oxazole rings is 1. The summed E-state index contributed by atoms with van der Waals surface area (Å²) in [5, 5.41) is 19.5. The van der Waals surface area contributed by atoms with Crippen LogP contribution >= 0.6 is 0 Å². The molecule has 1 saturated heterocycles. The van der Waals surface area contributed by atoms with Gasteiger partial charge in [-0.3, -0.25) is 4.68 Å². The van der Waals surface area contributed by atoms with Crippen molar-refractivity contribution in [2.45, 2.75) is 58.1 Å². The minimum absolute atomic E-state index is 0.136. The Morgan fingerprint density at radius 3 is 2.85 bits per heavy atom. The summed E-state index contributed by atoms with van der Waals surface area (Å²) in [6, 6.07) is -0.136. The molecule has 4 aromatic heterocycles. The van der Waals surface area contributed by atoms with Crippen molar-refractivity contribution in [3.63, 3.8) is 0 Å². The van der Waals surface area contributed by atoms with E-state index in [1.54, 1.807) is 24.6 Å². The Hall–Kier alpha value is -3.47. The second kappa shape index (κ2) is 7.84. The van der Waals surface area contributed by atoms with Crippen molar-refractivity contribution in [2.24, 2.45) is 0 Å². The van der Waals surface area contributed by atoms with Gasteiger partial charge >= 0.3 is 0 Å². The molecule has 33 heavy (non-hydrogen) atoms. The van der Waals surface area contributed by atoms with Crippen molar-refractivity contribution in [3.05, 3.63) is 36.2 Å². The standard InChI is InChI=1S/C22H29N9O2/c1-13-17(20-24-7-9-33-20)26-21(23)31-19(13)27-18(28-31)15-6-5-8-29(11-15)16-10-25-30(12-16)14(2)22(3,4)32/h7,9-10,12,14-15,32H,5-6,8,11H2,1-4H3,(H2,23,26)/t14-,15-/m1/s1. The van der Waals surface area contributed by atoms with Crippen LogP contribution in [0.2, 0.25) is 0 Å². The lowest BCUT2D eigenvalue weighted by molar-refractivity contribution is 0.0258. The molecule has 4 aromatic rings. The van der Waals surface area contributed by atoms with Gasteiger partial charge in [-0.05, 0) is 40.5 Å². The molecule has 0 aromatic carbocycles. The maximum Gasteiger partial charge on any atom is 0.245 e. The van der Waals surface area contributed by atoms with E-state index in [4.69, 9.17) is 20.2 Å². The Kier molecular flexibility index (Phi) is 5.08. The first-order valence-electron chi connectivity index (χ1n) is 11.2. The van der Waals surface area contributed by atoms with Crippen LogP contribution in [0, 0.1) is 6.92 Å². The molecule has 174 valence electrons. The summed E-state index contributed by atoms with van der Waals surface area (Å²) in [4.78, 5) is 15.8. The smallest absolute Gasteiger partial charge is 0.245 e. The summed E-state index contributed by atoms with van der Waals surface area (Å²) in [6.07, 6.45) is 8.94. The van der Waals surface area contributed by atoms with E-state index in [1.165, 1.54) is 6.26 Å². The number of nitrogens with two attached hydrogens (primary N) is 1. The summed E-state index contributed by atoms with van der Waals surface area (Å²) in [7, 11) is 0. The molecule has 1 aliphatic heterocycles. The van der Waals surface area contributed by atoms with E-state index in [1.807, 2.05) is 30.9 Å². The predicted octanol–water partition coefficient (Wildman–Crippen LogP) is 2.58. The molecule has 0 amide bonds. The number of aryl methyl sites for hydroxylation is 1. The zero-order chi connectivity index (χ0) is 23.3. The summed E-state index contributed by atoms with van der Waals surface area (Å²) in [6.45, 7) is 9.18. The fourth-order valence-corrected chi connectivity index (χ4v) is 4.25. The number of nitrogen functional groups attached to an aromatic ring is 1. The molecule has 0 radical (unpaired) electrons. The summed E-state index contributed by atoms with van der Waals surface area (Å²) in [5.74, 6) is 1.56. The molecule has 1 aliphatic rings. The van der Waals surface area contributed by atoms with Crippen LogP contribution in [0.15, 0.2) is 29.3 Å². The Balaban J connectivity index is 1.42. The molecule has 11 heteroatoms. The minimum Gasteiger partial charge on any atom is -0.443 e. The number of aromatic nitrogens is 7. The van der Waals surface area contributed by atoms with Gasteiger partial charge in [-0.15, -0.1) is 5.10 Å². The average molecular weight is 452 g/mol. The fraction of sp³-hybridized carbons (Fsp3) is 0.500. The first-order chi connectivity index (χ1) is 15.7. The maximum absolute atomic E-state index is 10.3. The van der Waals surface area contributed by atoms with Crippen molar-refractivity contribution in [2.75, 3.05) is 23.7 Å². The molecular formula is C22H29N9O2. The van der Waals surface area contributed by atoms with Crippen LogP contribution in [0.1, 0.15) is 57.0 Å². The molecule has 0 spiro atoms. The van der Waals surface area contributed by atoms with Crippen LogP contribution in [-0.4, -0.2) is 58.1 Å². The van der Waals surface area contributed by atoms with Crippen LogP contribution in [0.25, 0.3) is 17.2 Å². The van der Waals surface area contributed by atoms with E-state index in [-0.39, 0.29) is 17.9 Å². The van der Waals surface area contributed by atoms with Crippen molar-refractivity contribution < 1.29 is 9.52 Å². The largest absolute Gasteiger partial charge is 0.443 e. The molecule has 0 saturated carbocycles. The second-order valence-electron chi connectivity index (χ2n) is 9.28. The normalized spacial score (nSPS) is 18.2. The minimum atomic E-state index is -0.857. The lowest BCUT2D eigenvalue weighted by Gasteiger charge is -2.32. The number of aliphatic hydroxyl groups is 1. The fourth-order valence-electron chi connectivity index (χ4n) is 4.25. The number of hydrogen-bond donors (Lipinski definition) is 2. The zero-order valence-electron chi connectivity index (χ0n) is 19.3. The van der Waals surface area contributed by atoms with E-state index in [0.717, 1.165) is 43.0 Å². The van der Waals surface area contributed by atoms with Crippen LogP contribution in [0.3, 0.4) is 0 Å². The molecule has 11 nitrogen and oxygen atoms in total. The summed E-state index contributed by atoms with van der Waals surface area (Å²) < 4.78 is 8.83. The van der Waals surface area contributed by atoms with Gasteiger partial charge in [0.15, 0.2) is 11.5 Å². The highest BCUT2D eigenvalue weighted by molar-refractivity contribution is 5.65.